The van der Waals surface area contributed by atoms with Crippen LogP contribution in [-0.4, -0.2) is 29.1 Å². The number of rotatable bonds is 3. The van der Waals surface area contributed by atoms with E-state index >= 15 is 0 Å². The van der Waals surface area contributed by atoms with Crippen molar-refractivity contribution in [3.63, 3.8) is 0 Å². The number of benzene rings is 1. The van der Waals surface area contributed by atoms with Gasteiger partial charge in [0.05, 0.1) is 18.7 Å². The molecular weight excluding hydrogens is 320 g/mol. The third kappa shape index (κ3) is 2.71. The van der Waals surface area contributed by atoms with Crippen molar-refractivity contribution in [3.05, 3.63) is 46.1 Å². The van der Waals surface area contributed by atoms with E-state index in [4.69, 9.17) is 28.6 Å². The minimum atomic E-state index is -0.335. The van der Waals surface area contributed by atoms with Crippen molar-refractivity contribution >= 4 is 34.9 Å². The van der Waals surface area contributed by atoms with Gasteiger partial charge in [-0.05, 0) is 49.7 Å². The summed E-state index contributed by atoms with van der Waals surface area (Å²) >= 11 is 11.5. The highest BCUT2D eigenvalue weighted by molar-refractivity contribution is 7.80. The second-order valence-corrected chi connectivity index (χ2v) is 6.35. The van der Waals surface area contributed by atoms with Crippen LogP contribution in [0.25, 0.3) is 0 Å². The van der Waals surface area contributed by atoms with Gasteiger partial charge in [0.15, 0.2) is 5.11 Å². The molecule has 1 aliphatic carbocycles. The van der Waals surface area contributed by atoms with Gasteiger partial charge in [-0.3, -0.25) is 0 Å². The Bertz CT molecular complexity index is 653. The first-order valence-electron chi connectivity index (χ1n) is 7.17. The Morgan fingerprint density at radius 3 is 2.55 bits per heavy atom. The number of esters is 1. The molecule has 22 heavy (non-hydrogen) atoms. The molecule has 1 aromatic rings. The molecule has 0 amide bonds. The summed E-state index contributed by atoms with van der Waals surface area (Å²) in [5, 5.41) is 4.59. The average molecular weight is 337 g/mol. The number of allylic oxidation sites excluding steroid dienone is 1. The summed E-state index contributed by atoms with van der Waals surface area (Å²) < 4.78 is 4.99. The molecular formula is C16H17ClN2O2S. The molecule has 2 aliphatic rings. The van der Waals surface area contributed by atoms with Crippen molar-refractivity contribution in [1.82, 2.24) is 10.2 Å². The molecule has 1 heterocycles. The van der Waals surface area contributed by atoms with Gasteiger partial charge in [0.1, 0.15) is 0 Å². The quantitative estimate of drug-likeness (QED) is 0.678. The van der Waals surface area contributed by atoms with Crippen molar-refractivity contribution in [2.75, 3.05) is 7.11 Å². The number of thiocarbonyl (C=S) groups is 1. The molecule has 1 fully saturated rings. The number of halogens is 1. The summed E-state index contributed by atoms with van der Waals surface area (Å²) in [6.07, 6.45) is 2.19. The molecule has 0 spiro atoms. The predicted molar refractivity (Wildman–Crippen MR) is 89.5 cm³/mol. The zero-order chi connectivity index (χ0) is 15.9. The van der Waals surface area contributed by atoms with Crippen LogP contribution in [-0.2, 0) is 9.53 Å². The number of hydrogen-bond acceptors (Lipinski definition) is 3. The number of nitrogens with zero attached hydrogens (tertiary/aromatic N) is 1. The zero-order valence-electron chi connectivity index (χ0n) is 12.4. The highest BCUT2D eigenvalue weighted by Gasteiger charge is 2.40. The molecule has 1 atom stereocenters. The standard InChI is InChI=1S/C16H17ClN2O2S/c1-9-13(15(20)21-2)14(10-3-5-11(17)6-4-10)18-16(22)19(9)12-7-8-12/h3-6,12,14H,7-8H2,1-2H3,(H,18,22)/t14-/m1/s1. The summed E-state index contributed by atoms with van der Waals surface area (Å²) in [7, 11) is 1.40. The van der Waals surface area contributed by atoms with Crippen LogP contribution in [0.2, 0.25) is 5.02 Å². The maximum atomic E-state index is 12.3. The lowest BCUT2D eigenvalue weighted by Gasteiger charge is -2.37. The Hall–Kier alpha value is -1.59. The molecule has 1 saturated carbocycles. The van der Waals surface area contributed by atoms with E-state index in [-0.39, 0.29) is 12.0 Å². The topological polar surface area (TPSA) is 41.6 Å². The predicted octanol–water partition coefficient (Wildman–Crippen LogP) is 3.18. The van der Waals surface area contributed by atoms with E-state index in [0.717, 1.165) is 24.1 Å². The molecule has 1 aromatic carbocycles. The second kappa shape index (κ2) is 5.89. The fraction of sp³-hybridized carbons (Fsp3) is 0.375. The van der Waals surface area contributed by atoms with Gasteiger partial charge in [-0.1, -0.05) is 23.7 Å². The number of nitrogens with one attached hydrogen (secondary N) is 1. The molecule has 0 saturated heterocycles. The minimum Gasteiger partial charge on any atom is -0.466 e. The first kappa shape index (κ1) is 15.3. The lowest BCUT2D eigenvalue weighted by molar-refractivity contribution is -0.136. The summed E-state index contributed by atoms with van der Waals surface area (Å²) in [5.74, 6) is -0.335. The first-order chi connectivity index (χ1) is 10.5. The monoisotopic (exact) mass is 336 g/mol. The van der Waals surface area contributed by atoms with Crippen LogP contribution in [0.4, 0.5) is 0 Å². The van der Waals surface area contributed by atoms with Crippen LogP contribution in [0.15, 0.2) is 35.5 Å². The van der Waals surface area contributed by atoms with Crippen LogP contribution in [0.1, 0.15) is 31.4 Å². The van der Waals surface area contributed by atoms with Crippen molar-refractivity contribution < 1.29 is 9.53 Å². The van der Waals surface area contributed by atoms with E-state index in [1.54, 1.807) is 12.1 Å². The molecule has 0 bridgehead atoms. The lowest BCUT2D eigenvalue weighted by Crippen LogP contribution is -2.48. The highest BCUT2D eigenvalue weighted by Crippen LogP contribution is 2.38. The molecule has 4 nitrogen and oxygen atoms in total. The lowest BCUT2D eigenvalue weighted by atomic mass is 9.95. The van der Waals surface area contributed by atoms with Crippen molar-refractivity contribution in [2.45, 2.75) is 31.8 Å². The summed E-state index contributed by atoms with van der Waals surface area (Å²) in [6.45, 7) is 1.93. The third-order valence-corrected chi connectivity index (χ3v) is 4.61. The van der Waals surface area contributed by atoms with Crippen molar-refractivity contribution in [3.8, 4) is 0 Å². The Balaban J connectivity index is 2.06. The molecule has 0 radical (unpaired) electrons. The smallest absolute Gasteiger partial charge is 0.337 e. The molecule has 1 N–H and O–H groups in total. The van der Waals surface area contributed by atoms with Crippen molar-refractivity contribution in [2.24, 2.45) is 0 Å². The van der Waals surface area contributed by atoms with Crippen LogP contribution in [0, 0.1) is 0 Å². The van der Waals surface area contributed by atoms with Crippen LogP contribution < -0.4 is 5.32 Å². The number of hydrogen-bond donors (Lipinski definition) is 1. The van der Waals surface area contributed by atoms with Gasteiger partial charge >= 0.3 is 5.97 Å². The van der Waals surface area contributed by atoms with Gasteiger partial charge < -0.3 is 15.0 Å². The molecule has 3 rings (SSSR count). The molecule has 0 unspecified atom stereocenters. The Morgan fingerprint density at radius 1 is 1.36 bits per heavy atom. The second-order valence-electron chi connectivity index (χ2n) is 5.53. The zero-order valence-corrected chi connectivity index (χ0v) is 14.0. The number of methoxy groups -OCH3 is 1. The first-order valence-corrected chi connectivity index (χ1v) is 7.96. The summed E-state index contributed by atoms with van der Waals surface area (Å²) in [5.41, 5.74) is 2.41. The summed E-state index contributed by atoms with van der Waals surface area (Å²) in [6, 6.07) is 7.48. The van der Waals surface area contributed by atoms with E-state index in [9.17, 15) is 4.79 Å². The van der Waals surface area contributed by atoms with Gasteiger partial charge in [0.2, 0.25) is 0 Å². The fourth-order valence-corrected chi connectivity index (χ4v) is 3.34. The maximum absolute atomic E-state index is 12.3. The highest BCUT2D eigenvalue weighted by atomic mass is 35.5. The van der Waals surface area contributed by atoms with Gasteiger partial charge in [0, 0.05) is 16.8 Å². The average Bonchev–Trinajstić information content (AvgIpc) is 3.31. The molecule has 0 aromatic heterocycles. The van der Waals surface area contributed by atoms with Gasteiger partial charge in [-0.15, -0.1) is 0 Å². The number of ether oxygens (including phenoxy) is 1. The van der Waals surface area contributed by atoms with E-state index in [2.05, 4.69) is 5.32 Å². The fourth-order valence-electron chi connectivity index (χ4n) is 2.81. The number of carbonyl (C=O) groups excluding carboxylic acids is 1. The van der Waals surface area contributed by atoms with Crippen LogP contribution in [0.3, 0.4) is 0 Å². The Kier molecular flexibility index (Phi) is 4.10. The molecule has 1 aliphatic heterocycles. The largest absolute Gasteiger partial charge is 0.466 e. The van der Waals surface area contributed by atoms with E-state index < -0.39 is 0 Å². The SMILES string of the molecule is COC(=O)C1=C(C)N(C2CC2)C(=S)N[C@@H]1c1ccc(Cl)cc1. The Morgan fingerprint density at radius 2 is 2.00 bits per heavy atom. The third-order valence-electron chi connectivity index (χ3n) is 4.05. The normalized spacial score (nSPS) is 21.7. The van der Waals surface area contributed by atoms with Crippen LogP contribution in [0.5, 0.6) is 0 Å². The molecule has 6 heteroatoms. The van der Waals surface area contributed by atoms with Crippen LogP contribution >= 0.6 is 23.8 Å². The Labute approximate surface area is 140 Å². The number of carbonyl (C=O) groups is 1. The van der Waals surface area contributed by atoms with E-state index in [1.807, 2.05) is 24.0 Å². The van der Waals surface area contributed by atoms with Gasteiger partial charge in [-0.2, -0.15) is 0 Å². The van der Waals surface area contributed by atoms with E-state index in [0.29, 0.717) is 21.8 Å². The molecule has 116 valence electrons. The van der Waals surface area contributed by atoms with E-state index in [1.165, 1.54) is 7.11 Å². The minimum absolute atomic E-state index is 0.313. The maximum Gasteiger partial charge on any atom is 0.337 e. The van der Waals surface area contributed by atoms with Gasteiger partial charge in [0.25, 0.3) is 0 Å². The summed E-state index contributed by atoms with van der Waals surface area (Å²) in [4.78, 5) is 14.3. The van der Waals surface area contributed by atoms with Crippen molar-refractivity contribution in [1.29, 1.82) is 0 Å². The van der Waals surface area contributed by atoms with Gasteiger partial charge in [-0.25, -0.2) is 4.79 Å².